The first-order valence-corrected chi connectivity index (χ1v) is 7.31. The number of carboxylic acid groups (broad SMARTS) is 1. The van der Waals surface area contributed by atoms with Crippen molar-refractivity contribution in [3.05, 3.63) is 29.8 Å². The zero-order valence-corrected chi connectivity index (χ0v) is 12.8. The Labute approximate surface area is 131 Å². The standard InChI is InChI=1S/C14H15N3O4S/c1-8(9-4-3-5-10(6-9)21-2)16-17-14-15-13(20)11(22-14)7-12(18)19/h3-6,11H,7H2,1-2H3,(H,18,19)(H,15,17,20)/p-1/b16-8-/t11-/m1/s1. The number of methoxy groups -OCH3 is 1. The number of nitrogens with zero attached hydrogens (tertiary/aromatic N) is 2. The van der Waals surface area contributed by atoms with Gasteiger partial charge in [0.2, 0.25) is 5.91 Å². The Kier molecular flexibility index (Phi) is 5.16. The fraction of sp³-hybridized carbons (Fsp3) is 0.286. The normalized spacial score (nSPS) is 20.1. The second kappa shape index (κ2) is 7.08. The van der Waals surface area contributed by atoms with Crippen molar-refractivity contribution in [1.29, 1.82) is 0 Å². The lowest BCUT2D eigenvalue weighted by molar-refractivity contribution is -0.305. The fourth-order valence-corrected chi connectivity index (χ4v) is 2.67. The zero-order chi connectivity index (χ0) is 16.1. The van der Waals surface area contributed by atoms with Gasteiger partial charge in [0.05, 0.1) is 18.1 Å². The highest BCUT2D eigenvalue weighted by molar-refractivity contribution is 8.15. The van der Waals surface area contributed by atoms with Crippen molar-refractivity contribution in [2.45, 2.75) is 18.6 Å². The van der Waals surface area contributed by atoms with Gasteiger partial charge >= 0.3 is 0 Å². The largest absolute Gasteiger partial charge is 0.550 e. The number of amidine groups is 1. The summed E-state index contributed by atoms with van der Waals surface area (Å²) in [5.74, 6) is -0.968. The summed E-state index contributed by atoms with van der Waals surface area (Å²) in [5, 5.41) is 20.6. The second-order valence-corrected chi connectivity index (χ2v) is 5.69. The molecular weight excluding hydrogens is 306 g/mol. The van der Waals surface area contributed by atoms with Gasteiger partial charge in [0.15, 0.2) is 5.17 Å². The van der Waals surface area contributed by atoms with E-state index < -0.39 is 17.1 Å². The predicted molar refractivity (Wildman–Crippen MR) is 81.8 cm³/mol. The summed E-state index contributed by atoms with van der Waals surface area (Å²) in [5.41, 5.74) is 1.48. The maximum Gasteiger partial charge on any atom is 0.239 e. The lowest BCUT2D eigenvalue weighted by Crippen LogP contribution is -2.31. The molecule has 1 atom stereocenters. The van der Waals surface area contributed by atoms with Crippen LogP contribution in [-0.2, 0) is 9.59 Å². The van der Waals surface area contributed by atoms with Crippen LogP contribution in [0.1, 0.15) is 18.9 Å². The lowest BCUT2D eigenvalue weighted by atomic mass is 10.1. The van der Waals surface area contributed by atoms with Crippen molar-refractivity contribution in [3.8, 4) is 5.75 Å². The fourth-order valence-electron chi connectivity index (χ4n) is 1.76. The third kappa shape index (κ3) is 4.08. The highest BCUT2D eigenvalue weighted by Crippen LogP contribution is 2.22. The van der Waals surface area contributed by atoms with Crippen molar-refractivity contribution in [3.63, 3.8) is 0 Å². The molecule has 0 saturated carbocycles. The minimum atomic E-state index is -1.27. The number of hydrogen-bond acceptors (Lipinski definition) is 7. The van der Waals surface area contributed by atoms with E-state index in [4.69, 9.17) is 4.74 Å². The van der Waals surface area contributed by atoms with Crippen molar-refractivity contribution in [1.82, 2.24) is 5.32 Å². The van der Waals surface area contributed by atoms with Crippen molar-refractivity contribution in [2.24, 2.45) is 10.2 Å². The van der Waals surface area contributed by atoms with Crippen molar-refractivity contribution in [2.75, 3.05) is 7.11 Å². The number of nitrogens with one attached hydrogen (secondary N) is 1. The Bertz CT molecular complexity index is 657. The third-order valence-corrected chi connectivity index (χ3v) is 3.98. The Morgan fingerprint density at radius 1 is 1.50 bits per heavy atom. The van der Waals surface area contributed by atoms with Crippen LogP contribution in [0.15, 0.2) is 34.5 Å². The van der Waals surface area contributed by atoms with E-state index in [9.17, 15) is 14.7 Å². The first kappa shape index (κ1) is 16.0. The molecule has 22 heavy (non-hydrogen) atoms. The summed E-state index contributed by atoms with van der Waals surface area (Å²) < 4.78 is 5.13. The molecule has 0 spiro atoms. The van der Waals surface area contributed by atoms with Gasteiger partial charge in [0.25, 0.3) is 0 Å². The van der Waals surface area contributed by atoms with E-state index in [1.807, 2.05) is 24.3 Å². The number of carbonyl (C=O) groups excluding carboxylic acids is 2. The number of ether oxygens (including phenoxy) is 1. The molecule has 1 heterocycles. The number of thioether (sulfide) groups is 1. The topological polar surface area (TPSA) is 103 Å². The Morgan fingerprint density at radius 3 is 2.95 bits per heavy atom. The first-order chi connectivity index (χ1) is 10.5. The number of benzene rings is 1. The summed E-state index contributed by atoms with van der Waals surface area (Å²) in [6.45, 7) is 1.78. The molecule has 0 unspecified atom stereocenters. The number of carbonyl (C=O) groups is 2. The van der Waals surface area contributed by atoms with Crippen molar-refractivity contribution < 1.29 is 19.4 Å². The molecule has 8 heteroatoms. The van der Waals surface area contributed by atoms with Gasteiger partial charge in [-0.1, -0.05) is 23.9 Å². The van der Waals surface area contributed by atoms with Gasteiger partial charge in [0, 0.05) is 18.0 Å². The Balaban J connectivity index is 2.09. The molecule has 1 saturated heterocycles. The van der Waals surface area contributed by atoms with E-state index in [2.05, 4.69) is 15.5 Å². The summed E-state index contributed by atoms with van der Waals surface area (Å²) in [6, 6.07) is 7.33. The number of amides is 1. The van der Waals surface area contributed by atoms with Crippen LogP contribution in [0.2, 0.25) is 0 Å². The number of aliphatic carboxylic acids is 1. The average molecular weight is 320 g/mol. The molecule has 1 aromatic carbocycles. The minimum Gasteiger partial charge on any atom is -0.550 e. The summed E-state index contributed by atoms with van der Waals surface area (Å²) in [7, 11) is 1.58. The third-order valence-electron chi connectivity index (χ3n) is 2.91. The lowest BCUT2D eigenvalue weighted by Gasteiger charge is -2.04. The maximum absolute atomic E-state index is 11.5. The van der Waals surface area contributed by atoms with Crippen LogP contribution in [0.25, 0.3) is 0 Å². The van der Waals surface area contributed by atoms with Crippen LogP contribution in [0.3, 0.4) is 0 Å². The predicted octanol–water partition coefficient (Wildman–Crippen LogP) is 0.147. The molecule has 2 rings (SSSR count). The molecule has 0 aliphatic carbocycles. The molecule has 0 bridgehead atoms. The highest BCUT2D eigenvalue weighted by Gasteiger charge is 2.30. The van der Waals surface area contributed by atoms with E-state index in [1.54, 1.807) is 14.0 Å². The molecule has 1 aromatic rings. The van der Waals surface area contributed by atoms with E-state index in [0.29, 0.717) is 11.5 Å². The van der Waals surface area contributed by atoms with Crippen LogP contribution in [0, 0.1) is 0 Å². The minimum absolute atomic E-state index is 0.276. The quantitative estimate of drug-likeness (QED) is 0.614. The van der Waals surface area contributed by atoms with Gasteiger partial charge in [-0.3, -0.25) is 4.79 Å². The molecule has 1 aliphatic rings. The van der Waals surface area contributed by atoms with E-state index in [1.165, 1.54) is 0 Å². The number of rotatable bonds is 5. The summed E-state index contributed by atoms with van der Waals surface area (Å²) in [4.78, 5) is 22.1. The SMILES string of the molecule is COc1cccc(/C(C)=N\N=C2\NC(=O)[C@@H](CC(=O)[O-])S2)c1. The van der Waals surface area contributed by atoms with Crippen LogP contribution >= 0.6 is 11.8 Å². The van der Waals surface area contributed by atoms with Gasteiger partial charge in [-0.2, -0.15) is 5.10 Å². The van der Waals surface area contributed by atoms with Gasteiger partial charge in [0.1, 0.15) is 5.75 Å². The van der Waals surface area contributed by atoms with E-state index in [0.717, 1.165) is 17.3 Å². The zero-order valence-electron chi connectivity index (χ0n) is 12.0. The Morgan fingerprint density at radius 2 is 2.27 bits per heavy atom. The van der Waals surface area contributed by atoms with Gasteiger partial charge in [-0.05, 0) is 19.1 Å². The molecule has 116 valence electrons. The Hall–Kier alpha value is -2.35. The van der Waals surface area contributed by atoms with Crippen molar-refractivity contribution >= 4 is 34.5 Å². The van der Waals surface area contributed by atoms with Crippen LogP contribution in [0.4, 0.5) is 0 Å². The molecule has 1 aliphatic heterocycles. The summed E-state index contributed by atoms with van der Waals surface area (Å²) in [6.07, 6.45) is -0.353. The smallest absolute Gasteiger partial charge is 0.239 e. The maximum atomic E-state index is 11.5. The molecule has 1 amide bonds. The highest BCUT2D eigenvalue weighted by atomic mass is 32.2. The van der Waals surface area contributed by atoms with Crippen LogP contribution < -0.4 is 15.2 Å². The van der Waals surface area contributed by atoms with Gasteiger partial charge in [-0.25, -0.2) is 0 Å². The van der Waals surface area contributed by atoms with E-state index >= 15 is 0 Å². The van der Waals surface area contributed by atoms with E-state index in [-0.39, 0.29) is 11.6 Å². The van der Waals surface area contributed by atoms with Crippen LogP contribution in [0.5, 0.6) is 5.75 Å². The molecular formula is C14H14N3O4S-. The van der Waals surface area contributed by atoms with Crippen LogP contribution in [-0.4, -0.2) is 35.1 Å². The summed E-state index contributed by atoms with van der Waals surface area (Å²) >= 11 is 1.03. The monoisotopic (exact) mass is 320 g/mol. The van der Waals surface area contributed by atoms with Gasteiger partial charge < -0.3 is 20.0 Å². The van der Waals surface area contributed by atoms with Gasteiger partial charge in [-0.15, -0.1) is 5.10 Å². The first-order valence-electron chi connectivity index (χ1n) is 6.43. The average Bonchev–Trinajstić information content (AvgIpc) is 2.84. The molecule has 0 radical (unpaired) electrons. The molecule has 1 N–H and O–H groups in total. The molecule has 1 fully saturated rings. The molecule has 7 nitrogen and oxygen atoms in total. The number of carboxylic acids is 1. The molecule has 0 aromatic heterocycles. The second-order valence-electron chi connectivity index (χ2n) is 4.49. The number of hydrogen-bond donors (Lipinski definition) is 1.